The number of benzene rings is 1. The van der Waals surface area contributed by atoms with Gasteiger partial charge in [-0.25, -0.2) is 0 Å². The molecule has 0 aliphatic rings. The minimum atomic E-state index is -0.119. The third-order valence-electron chi connectivity index (χ3n) is 4.17. The molecule has 0 spiro atoms. The third-order valence-corrected chi connectivity index (χ3v) is 4.42. The summed E-state index contributed by atoms with van der Waals surface area (Å²) in [5.74, 6) is 1.19. The van der Waals surface area contributed by atoms with Crippen molar-refractivity contribution in [1.29, 1.82) is 0 Å². The van der Waals surface area contributed by atoms with Crippen LogP contribution < -0.4 is 5.32 Å². The molecule has 0 bridgehead atoms. The van der Waals surface area contributed by atoms with E-state index in [4.69, 9.17) is 11.6 Å². The van der Waals surface area contributed by atoms with Gasteiger partial charge in [0.05, 0.1) is 0 Å². The van der Waals surface area contributed by atoms with Crippen molar-refractivity contribution in [1.82, 2.24) is 19.7 Å². The van der Waals surface area contributed by atoms with Crippen molar-refractivity contribution < 1.29 is 4.79 Å². The van der Waals surface area contributed by atoms with Crippen LogP contribution in [0.4, 0.5) is 5.95 Å². The van der Waals surface area contributed by atoms with E-state index in [0.29, 0.717) is 23.9 Å². The van der Waals surface area contributed by atoms with E-state index in [9.17, 15) is 4.79 Å². The number of aromatic amines is 1. The van der Waals surface area contributed by atoms with Crippen LogP contribution in [0.25, 0.3) is 0 Å². The van der Waals surface area contributed by atoms with Crippen LogP contribution in [0.15, 0.2) is 48.8 Å². The Hall–Kier alpha value is -2.60. The van der Waals surface area contributed by atoms with Gasteiger partial charge in [-0.3, -0.25) is 15.2 Å². The van der Waals surface area contributed by atoms with E-state index < -0.39 is 0 Å². The van der Waals surface area contributed by atoms with Gasteiger partial charge in [-0.05, 0) is 29.8 Å². The van der Waals surface area contributed by atoms with E-state index >= 15 is 0 Å². The number of aromatic nitrogens is 4. The second-order valence-corrected chi connectivity index (χ2v) is 7.02. The molecule has 1 atom stereocenters. The molecule has 1 amide bonds. The quantitative estimate of drug-likeness (QED) is 0.653. The lowest BCUT2D eigenvalue weighted by molar-refractivity contribution is -0.116. The van der Waals surface area contributed by atoms with Crippen molar-refractivity contribution in [3.8, 4) is 0 Å². The largest absolute Gasteiger partial charge is 0.354 e. The molecule has 136 valence electrons. The molecule has 7 heteroatoms. The molecule has 2 aromatic heterocycles. The highest BCUT2D eigenvalue weighted by molar-refractivity contribution is 6.30. The molecular formula is C19H22ClN5O. The van der Waals surface area contributed by atoms with E-state index in [-0.39, 0.29) is 17.7 Å². The first kappa shape index (κ1) is 18.2. The molecule has 26 heavy (non-hydrogen) atoms. The highest BCUT2D eigenvalue weighted by atomic mass is 35.5. The predicted octanol–water partition coefficient (Wildman–Crippen LogP) is 4.20. The topological polar surface area (TPSA) is 75.6 Å². The van der Waals surface area contributed by atoms with E-state index in [2.05, 4.69) is 25.1 Å². The highest BCUT2D eigenvalue weighted by Crippen LogP contribution is 2.24. The van der Waals surface area contributed by atoms with Gasteiger partial charge >= 0.3 is 0 Å². The summed E-state index contributed by atoms with van der Waals surface area (Å²) in [5, 5.41) is 10.4. The van der Waals surface area contributed by atoms with Gasteiger partial charge in [-0.1, -0.05) is 37.6 Å². The molecule has 0 saturated carbocycles. The van der Waals surface area contributed by atoms with Crippen molar-refractivity contribution in [3.63, 3.8) is 0 Å². The Morgan fingerprint density at radius 1 is 1.23 bits per heavy atom. The lowest BCUT2D eigenvalue weighted by Crippen LogP contribution is -2.19. The Morgan fingerprint density at radius 3 is 2.54 bits per heavy atom. The van der Waals surface area contributed by atoms with Gasteiger partial charge in [0.2, 0.25) is 11.9 Å². The molecule has 0 fully saturated rings. The van der Waals surface area contributed by atoms with E-state index in [0.717, 1.165) is 11.4 Å². The van der Waals surface area contributed by atoms with Crippen LogP contribution >= 0.6 is 11.6 Å². The molecule has 1 unspecified atom stereocenters. The number of nitrogens with one attached hydrogen (secondary N) is 2. The minimum Gasteiger partial charge on any atom is -0.354 e. The SMILES string of the molecule is CC(C)c1nc(NC(=O)CC(Cn2cccc2)c2ccc(Cl)cc2)n[nH]1. The van der Waals surface area contributed by atoms with Gasteiger partial charge < -0.3 is 4.57 Å². The number of halogens is 1. The van der Waals surface area contributed by atoms with Gasteiger partial charge in [-0.15, -0.1) is 5.10 Å². The number of H-pyrrole nitrogens is 1. The van der Waals surface area contributed by atoms with Gasteiger partial charge in [0.15, 0.2) is 0 Å². The molecule has 3 rings (SSSR count). The van der Waals surface area contributed by atoms with E-state index in [1.807, 2.05) is 62.6 Å². The van der Waals surface area contributed by atoms with Crippen molar-refractivity contribution >= 4 is 23.5 Å². The number of rotatable bonds is 7. The average Bonchev–Trinajstić information content (AvgIpc) is 3.27. The van der Waals surface area contributed by atoms with E-state index in [1.165, 1.54) is 0 Å². The molecule has 0 aliphatic carbocycles. The minimum absolute atomic E-state index is 0.0168. The first-order valence-electron chi connectivity index (χ1n) is 8.59. The number of carbonyl (C=O) groups excluding carboxylic acids is 1. The molecule has 0 saturated heterocycles. The van der Waals surface area contributed by atoms with Crippen molar-refractivity contribution in [3.05, 3.63) is 65.2 Å². The summed E-state index contributed by atoms with van der Waals surface area (Å²) in [6.45, 7) is 4.73. The zero-order valence-corrected chi connectivity index (χ0v) is 15.6. The van der Waals surface area contributed by atoms with Gasteiger partial charge in [-0.2, -0.15) is 4.98 Å². The molecule has 1 aromatic carbocycles. The molecule has 3 aromatic rings. The Labute approximate surface area is 157 Å². The van der Waals surface area contributed by atoms with Crippen LogP contribution in [0.2, 0.25) is 5.02 Å². The lowest BCUT2D eigenvalue weighted by Gasteiger charge is -2.18. The second-order valence-electron chi connectivity index (χ2n) is 6.58. The smallest absolute Gasteiger partial charge is 0.248 e. The normalized spacial score (nSPS) is 12.3. The second kappa shape index (κ2) is 8.19. The zero-order chi connectivity index (χ0) is 18.5. The monoisotopic (exact) mass is 371 g/mol. The Bertz CT molecular complexity index is 839. The number of hydrogen-bond donors (Lipinski definition) is 2. The summed E-state index contributed by atoms with van der Waals surface area (Å²) in [7, 11) is 0. The average molecular weight is 372 g/mol. The summed E-state index contributed by atoms with van der Waals surface area (Å²) >= 11 is 6.00. The maximum Gasteiger partial charge on any atom is 0.248 e. The fourth-order valence-corrected chi connectivity index (χ4v) is 2.88. The summed E-state index contributed by atoms with van der Waals surface area (Å²) in [4.78, 5) is 16.8. The van der Waals surface area contributed by atoms with Crippen LogP contribution in [-0.2, 0) is 11.3 Å². The van der Waals surface area contributed by atoms with Crippen LogP contribution in [0, 0.1) is 0 Å². The van der Waals surface area contributed by atoms with Gasteiger partial charge in [0.25, 0.3) is 0 Å². The highest BCUT2D eigenvalue weighted by Gasteiger charge is 2.18. The Kier molecular flexibility index (Phi) is 5.73. The first-order chi connectivity index (χ1) is 12.5. The van der Waals surface area contributed by atoms with Crippen LogP contribution in [0.5, 0.6) is 0 Å². The van der Waals surface area contributed by atoms with Crippen molar-refractivity contribution in [2.24, 2.45) is 0 Å². The number of hydrogen-bond acceptors (Lipinski definition) is 3. The van der Waals surface area contributed by atoms with Crippen LogP contribution in [0.3, 0.4) is 0 Å². The van der Waals surface area contributed by atoms with E-state index in [1.54, 1.807) is 0 Å². The maximum absolute atomic E-state index is 12.5. The third kappa shape index (κ3) is 4.73. The number of anilines is 1. The summed E-state index contributed by atoms with van der Waals surface area (Å²) in [6.07, 6.45) is 4.31. The fourth-order valence-electron chi connectivity index (χ4n) is 2.76. The molecule has 6 nitrogen and oxygen atoms in total. The van der Waals surface area contributed by atoms with Crippen LogP contribution in [0.1, 0.15) is 43.5 Å². The molecule has 0 radical (unpaired) electrons. The first-order valence-corrected chi connectivity index (χ1v) is 8.97. The number of nitrogens with zero attached hydrogens (tertiary/aromatic N) is 3. The van der Waals surface area contributed by atoms with Gasteiger partial charge in [0.1, 0.15) is 5.82 Å². The van der Waals surface area contributed by atoms with Crippen LogP contribution in [-0.4, -0.2) is 25.7 Å². The van der Waals surface area contributed by atoms with Gasteiger partial charge in [0, 0.05) is 42.2 Å². The summed E-state index contributed by atoms with van der Waals surface area (Å²) in [5.41, 5.74) is 1.07. The molecular weight excluding hydrogens is 350 g/mol. The Morgan fingerprint density at radius 2 is 1.92 bits per heavy atom. The predicted molar refractivity (Wildman–Crippen MR) is 102 cm³/mol. The number of carbonyl (C=O) groups is 1. The standard InChI is InChI=1S/C19H22ClN5O/c1-13(2)18-22-19(24-23-18)21-17(26)11-15(12-25-9-3-4-10-25)14-5-7-16(20)8-6-14/h3-10,13,15H,11-12H2,1-2H3,(H2,21,22,23,24,26). The summed E-state index contributed by atoms with van der Waals surface area (Å²) in [6, 6.07) is 11.6. The lowest BCUT2D eigenvalue weighted by atomic mass is 9.95. The zero-order valence-electron chi connectivity index (χ0n) is 14.8. The maximum atomic E-state index is 12.5. The molecule has 0 aliphatic heterocycles. The molecule has 2 heterocycles. The summed E-state index contributed by atoms with van der Waals surface area (Å²) < 4.78 is 2.07. The molecule has 2 N–H and O–H groups in total. The Balaban J connectivity index is 1.71. The fraction of sp³-hybridized carbons (Fsp3) is 0.316. The number of amides is 1. The van der Waals surface area contributed by atoms with Crippen molar-refractivity contribution in [2.45, 2.75) is 38.6 Å². The van der Waals surface area contributed by atoms with Crippen molar-refractivity contribution in [2.75, 3.05) is 5.32 Å².